The molecule has 1 aliphatic carbocycles. The Kier molecular flexibility index (Phi) is 9.67. The number of alkyl halides is 1. The number of hydrogen-bond donors (Lipinski definition) is 0. The highest BCUT2D eigenvalue weighted by atomic mass is 35.5. The number of halogens is 4. The Hall–Kier alpha value is -3.59. The minimum absolute atomic E-state index is 0.125. The molecule has 2 aliphatic heterocycles. The third-order valence-corrected chi connectivity index (χ3v) is 11.9. The van der Waals surface area contributed by atoms with Crippen molar-refractivity contribution >= 4 is 68.8 Å². The first kappa shape index (κ1) is 36.8. The minimum Gasteiger partial charge on any atom is -0.444 e. The summed E-state index contributed by atoms with van der Waals surface area (Å²) < 4.78 is 40.6. The third-order valence-electron chi connectivity index (χ3n) is 10.4. The van der Waals surface area contributed by atoms with Gasteiger partial charge in [0.15, 0.2) is 11.5 Å². The van der Waals surface area contributed by atoms with Crippen LogP contribution in [-0.4, -0.2) is 68.5 Å². The Morgan fingerprint density at radius 1 is 1.17 bits per heavy atom. The van der Waals surface area contributed by atoms with Crippen LogP contribution in [0.2, 0.25) is 10.0 Å². The van der Waals surface area contributed by atoms with E-state index < -0.39 is 35.1 Å². The molecule has 274 valence electrons. The molecule has 13 heteroatoms. The summed E-state index contributed by atoms with van der Waals surface area (Å²) in [6.45, 7) is 8.73. The second-order valence-corrected chi connectivity index (χ2v) is 16.9. The second kappa shape index (κ2) is 13.7. The lowest BCUT2D eigenvalue weighted by atomic mass is 9.93. The van der Waals surface area contributed by atoms with Gasteiger partial charge in [-0.3, -0.25) is 4.79 Å². The number of nitrogens with zero attached hydrogens (tertiary/aromatic N) is 5. The van der Waals surface area contributed by atoms with E-state index in [4.69, 9.17) is 32.9 Å². The molecule has 4 aromatic rings. The highest BCUT2D eigenvalue weighted by Crippen LogP contribution is 2.49. The van der Waals surface area contributed by atoms with E-state index in [1.165, 1.54) is 11.8 Å². The quantitative estimate of drug-likeness (QED) is 0.174. The van der Waals surface area contributed by atoms with E-state index in [0.29, 0.717) is 54.0 Å². The number of amides is 2. The largest absolute Gasteiger partial charge is 0.444 e. The van der Waals surface area contributed by atoms with Crippen LogP contribution in [0.3, 0.4) is 0 Å². The van der Waals surface area contributed by atoms with Crippen LogP contribution < -0.4 is 0 Å². The number of thioether (sulfide) groups is 1. The van der Waals surface area contributed by atoms with Gasteiger partial charge in [-0.1, -0.05) is 42.3 Å². The van der Waals surface area contributed by atoms with Gasteiger partial charge in [0.2, 0.25) is 0 Å². The van der Waals surface area contributed by atoms with Gasteiger partial charge in [-0.25, -0.2) is 18.6 Å². The number of ether oxygens (including phenoxy) is 1. The monoisotopic (exact) mass is 767 g/mol. The van der Waals surface area contributed by atoms with Crippen molar-refractivity contribution in [3.05, 3.63) is 57.5 Å². The van der Waals surface area contributed by atoms with E-state index >= 15 is 8.78 Å². The van der Waals surface area contributed by atoms with Crippen molar-refractivity contribution in [2.45, 2.75) is 94.6 Å². The third kappa shape index (κ3) is 6.49. The highest BCUT2D eigenvalue weighted by Gasteiger charge is 2.55. The van der Waals surface area contributed by atoms with E-state index in [1.54, 1.807) is 28.0 Å². The molecule has 0 spiro atoms. The summed E-state index contributed by atoms with van der Waals surface area (Å²) in [4.78, 5) is 35.3. The van der Waals surface area contributed by atoms with Crippen molar-refractivity contribution in [2.24, 2.45) is 5.92 Å². The Bertz CT molecular complexity index is 2160. The summed E-state index contributed by atoms with van der Waals surface area (Å²) in [5.74, 6) is -0.941. The van der Waals surface area contributed by atoms with Crippen LogP contribution >= 0.6 is 35.0 Å². The van der Waals surface area contributed by atoms with Gasteiger partial charge in [-0.05, 0) is 88.8 Å². The van der Waals surface area contributed by atoms with Gasteiger partial charge in [0.25, 0.3) is 5.91 Å². The maximum absolute atomic E-state index is 17.3. The number of rotatable bonds is 7. The molecular weight excluding hydrogens is 727 g/mol. The number of aryl methyl sites for hydroxylation is 1. The second-order valence-electron chi connectivity index (χ2n) is 15.4. The van der Waals surface area contributed by atoms with Crippen molar-refractivity contribution < 1.29 is 23.1 Å². The van der Waals surface area contributed by atoms with E-state index in [0.717, 1.165) is 16.6 Å². The standard InChI is InChI=1S/C39H41Cl2F2N5O3S/c1-21-16-28(47(19-21)36(49)39(43)12-13-39)29-18-26-34(48(29)23-11-15-46(20-23)37(50)51-38(2,3)4)25-17-22(8-7-14-44)30(24-9-6-10-27(40)31(24)41)32(42)33(25)45-35(26)52-5/h6,9-10,17-18,21,23,28H,7-8,11-13,15-16,19-20H2,1-5H3. The van der Waals surface area contributed by atoms with Crippen LogP contribution in [0.1, 0.15) is 83.1 Å². The molecule has 8 nitrogen and oxygen atoms in total. The molecule has 0 N–H and O–H groups in total. The SMILES string of the molecule is CSc1nc2c(F)c(-c3cccc(Cl)c3Cl)c(CCC#N)cc2c2c1cc(C1CC(C)CN1C(=O)C1(F)CC1)n2C1CCN(C(=O)OC(C)(C)C)C1. The zero-order valence-corrected chi connectivity index (χ0v) is 32.2. The summed E-state index contributed by atoms with van der Waals surface area (Å²) in [5.41, 5.74) is 0.355. The Balaban J connectivity index is 1.50. The number of fused-ring (bicyclic) bond motifs is 3. The lowest BCUT2D eigenvalue weighted by Gasteiger charge is -2.29. The average molecular weight is 769 g/mol. The molecule has 2 amide bonds. The molecule has 52 heavy (non-hydrogen) atoms. The number of carbonyl (C=O) groups is 2. The van der Waals surface area contributed by atoms with E-state index in [1.807, 2.05) is 39.2 Å². The zero-order chi connectivity index (χ0) is 37.3. The molecule has 2 saturated heterocycles. The molecule has 3 unspecified atom stereocenters. The summed E-state index contributed by atoms with van der Waals surface area (Å²) >= 11 is 14.5. The zero-order valence-electron chi connectivity index (χ0n) is 29.9. The first-order chi connectivity index (χ1) is 24.7. The number of likely N-dealkylation sites (tertiary alicyclic amines) is 2. The Morgan fingerprint density at radius 3 is 2.60 bits per heavy atom. The van der Waals surface area contributed by atoms with Crippen molar-refractivity contribution in [3.8, 4) is 17.2 Å². The maximum Gasteiger partial charge on any atom is 0.410 e. The molecule has 2 aromatic heterocycles. The Labute approximate surface area is 316 Å². The molecule has 1 saturated carbocycles. The molecule has 3 atom stereocenters. The van der Waals surface area contributed by atoms with Crippen LogP contribution in [0.4, 0.5) is 13.6 Å². The first-order valence-electron chi connectivity index (χ1n) is 17.7. The number of benzene rings is 2. The molecule has 0 radical (unpaired) electrons. The summed E-state index contributed by atoms with van der Waals surface area (Å²) in [6.07, 6.45) is 3.48. The first-order valence-corrected chi connectivity index (χ1v) is 19.7. The van der Waals surface area contributed by atoms with Crippen LogP contribution in [0.25, 0.3) is 32.9 Å². The smallest absolute Gasteiger partial charge is 0.410 e. The number of carbonyl (C=O) groups excluding carboxylic acids is 2. The number of pyridine rings is 1. The fourth-order valence-corrected chi connectivity index (χ4v) is 8.84. The minimum atomic E-state index is -1.84. The average Bonchev–Trinajstić information content (AvgIpc) is 3.42. The van der Waals surface area contributed by atoms with Crippen LogP contribution in [-0.2, 0) is 16.0 Å². The van der Waals surface area contributed by atoms with Gasteiger partial charge in [-0.15, -0.1) is 11.8 Å². The van der Waals surface area contributed by atoms with Crippen LogP contribution in [0, 0.1) is 23.1 Å². The summed E-state index contributed by atoms with van der Waals surface area (Å²) in [7, 11) is 0. The van der Waals surface area contributed by atoms with Gasteiger partial charge < -0.3 is 19.1 Å². The van der Waals surface area contributed by atoms with Crippen molar-refractivity contribution in [1.82, 2.24) is 19.4 Å². The molecule has 3 fully saturated rings. The van der Waals surface area contributed by atoms with Crippen LogP contribution in [0.15, 0.2) is 35.4 Å². The normalized spacial score (nSPS) is 21.3. The lowest BCUT2D eigenvalue weighted by Crippen LogP contribution is -2.39. The van der Waals surface area contributed by atoms with Gasteiger partial charge in [0.1, 0.15) is 16.1 Å². The Morgan fingerprint density at radius 2 is 1.92 bits per heavy atom. The molecule has 7 rings (SSSR count). The van der Waals surface area contributed by atoms with E-state index in [-0.39, 0.29) is 58.8 Å². The lowest BCUT2D eigenvalue weighted by molar-refractivity contribution is -0.139. The maximum atomic E-state index is 17.3. The van der Waals surface area contributed by atoms with Gasteiger partial charge >= 0.3 is 6.09 Å². The van der Waals surface area contributed by atoms with E-state index in [9.17, 15) is 14.9 Å². The van der Waals surface area contributed by atoms with Crippen molar-refractivity contribution in [1.29, 1.82) is 5.26 Å². The number of nitriles is 1. The summed E-state index contributed by atoms with van der Waals surface area (Å²) in [5, 5.41) is 12.0. The molecule has 3 aliphatic rings. The highest BCUT2D eigenvalue weighted by molar-refractivity contribution is 7.98. The predicted molar refractivity (Wildman–Crippen MR) is 201 cm³/mol. The van der Waals surface area contributed by atoms with Gasteiger partial charge in [-0.2, -0.15) is 5.26 Å². The number of aromatic nitrogens is 2. The van der Waals surface area contributed by atoms with E-state index in [2.05, 4.69) is 17.6 Å². The van der Waals surface area contributed by atoms with Gasteiger partial charge in [0, 0.05) is 53.6 Å². The fraction of sp³-hybridized carbons (Fsp3) is 0.487. The van der Waals surface area contributed by atoms with Gasteiger partial charge in [0.05, 0.1) is 33.7 Å². The molecule has 0 bridgehead atoms. The topological polar surface area (TPSA) is 91.5 Å². The number of hydrogen-bond acceptors (Lipinski definition) is 6. The molecule has 4 heterocycles. The summed E-state index contributed by atoms with van der Waals surface area (Å²) in [6, 6.07) is 10.5. The molecule has 2 aromatic carbocycles. The predicted octanol–water partition coefficient (Wildman–Crippen LogP) is 10.1. The molecular formula is C39H41Cl2F2N5O3S. The fourth-order valence-electron chi connectivity index (χ4n) is 7.88. The van der Waals surface area contributed by atoms with Crippen molar-refractivity contribution in [3.63, 3.8) is 0 Å². The van der Waals surface area contributed by atoms with Crippen LogP contribution in [0.5, 0.6) is 0 Å². The van der Waals surface area contributed by atoms with Crippen molar-refractivity contribution in [2.75, 3.05) is 25.9 Å².